The smallest absolute Gasteiger partial charge is 0.317 e. The minimum Gasteiger partial charge on any atom is -0.508 e. The summed E-state index contributed by atoms with van der Waals surface area (Å²) in [6.07, 6.45) is 0. The van der Waals surface area contributed by atoms with E-state index < -0.39 is 0 Å². The second-order valence-corrected chi connectivity index (χ2v) is 5.40. The van der Waals surface area contributed by atoms with Gasteiger partial charge >= 0.3 is 6.03 Å². The number of amides is 2. The number of nitrogens with one attached hydrogen (secondary N) is 1. The summed E-state index contributed by atoms with van der Waals surface area (Å²) in [5, 5.41) is 12.8. The number of hydrogen-bond donors (Lipinski definition) is 2. The van der Waals surface area contributed by atoms with Crippen molar-refractivity contribution in [2.45, 2.75) is 19.5 Å². The van der Waals surface area contributed by atoms with E-state index in [4.69, 9.17) is 0 Å². The van der Waals surface area contributed by atoms with E-state index in [1.165, 1.54) is 0 Å². The van der Waals surface area contributed by atoms with Crippen molar-refractivity contribution in [3.05, 3.63) is 29.3 Å². The highest BCUT2D eigenvalue weighted by Crippen LogP contribution is 2.22. The molecule has 1 aromatic carbocycles. The van der Waals surface area contributed by atoms with E-state index in [9.17, 15) is 9.90 Å². The maximum Gasteiger partial charge on any atom is 0.317 e. The molecule has 0 saturated carbocycles. The van der Waals surface area contributed by atoms with Crippen LogP contribution in [0.4, 0.5) is 4.79 Å². The zero-order valence-electron chi connectivity index (χ0n) is 11.1. The third-order valence-electron chi connectivity index (χ3n) is 3.95. The van der Waals surface area contributed by atoms with Gasteiger partial charge in [0.25, 0.3) is 0 Å². The highest BCUT2D eigenvalue weighted by atomic mass is 16.3. The van der Waals surface area contributed by atoms with E-state index in [2.05, 4.69) is 10.2 Å². The molecule has 0 spiro atoms. The summed E-state index contributed by atoms with van der Waals surface area (Å²) in [5.41, 5.74) is 2.12. The number of nitrogens with zero attached hydrogens (tertiary/aromatic N) is 2. The molecular weight excluding hydrogens is 242 g/mol. The van der Waals surface area contributed by atoms with Gasteiger partial charge in [0.15, 0.2) is 0 Å². The molecule has 0 aliphatic carbocycles. The minimum absolute atomic E-state index is 0.0584. The molecule has 2 saturated heterocycles. The topological polar surface area (TPSA) is 55.8 Å². The average molecular weight is 261 g/mol. The normalized spacial score (nSPS) is 23.3. The quantitative estimate of drug-likeness (QED) is 0.832. The molecule has 3 rings (SSSR count). The van der Waals surface area contributed by atoms with E-state index >= 15 is 0 Å². The lowest BCUT2D eigenvalue weighted by atomic mass is 10.1. The number of carbonyl (C=O) groups is 1. The van der Waals surface area contributed by atoms with Crippen molar-refractivity contribution in [1.82, 2.24) is 15.1 Å². The maximum absolute atomic E-state index is 11.5. The number of phenolic OH excluding ortho intramolecular Hbond substituents is 1. The summed E-state index contributed by atoms with van der Waals surface area (Å²) < 4.78 is 0. The van der Waals surface area contributed by atoms with Crippen LogP contribution in [0.15, 0.2) is 18.2 Å². The first-order valence-corrected chi connectivity index (χ1v) is 6.69. The number of urea groups is 1. The number of phenols is 1. The summed E-state index contributed by atoms with van der Waals surface area (Å²) >= 11 is 0. The van der Waals surface area contributed by atoms with Gasteiger partial charge in [-0.15, -0.1) is 0 Å². The highest BCUT2D eigenvalue weighted by molar-refractivity contribution is 5.77. The number of rotatable bonds is 2. The maximum atomic E-state index is 11.5. The van der Waals surface area contributed by atoms with Crippen molar-refractivity contribution in [2.75, 3.05) is 26.2 Å². The third-order valence-corrected chi connectivity index (χ3v) is 3.95. The van der Waals surface area contributed by atoms with Gasteiger partial charge in [-0.3, -0.25) is 4.90 Å². The van der Waals surface area contributed by atoms with Crippen molar-refractivity contribution in [2.24, 2.45) is 0 Å². The Morgan fingerprint density at radius 3 is 3.11 bits per heavy atom. The molecule has 2 heterocycles. The van der Waals surface area contributed by atoms with Gasteiger partial charge in [-0.2, -0.15) is 0 Å². The molecule has 2 aliphatic rings. The van der Waals surface area contributed by atoms with Crippen LogP contribution in [0.5, 0.6) is 5.75 Å². The number of aryl methyl sites for hydroxylation is 1. The Bertz CT molecular complexity index is 503. The third kappa shape index (κ3) is 2.38. The minimum atomic E-state index is 0.0584. The number of carbonyl (C=O) groups excluding carboxylic acids is 1. The Labute approximate surface area is 112 Å². The molecule has 5 heteroatoms. The molecule has 2 aliphatic heterocycles. The molecule has 19 heavy (non-hydrogen) atoms. The molecule has 1 aromatic rings. The van der Waals surface area contributed by atoms with Crippen molar-refractivity contribution in [1.29, 1.82) is 0 Å². The molecule has 0 aromatic heterocycles. The molecule has 0 bridgehead atoms. The first kappa shape index (κ1) is 12.3. The van der Waals surface area contributed by atoms with Gasteiger partial charge in [0.1, 0.15) is 5.75 Å². The van der Waals surface area contributed by atoms with Crippen molar-refractivity contribution in [3.63, 3.8) is 0 Å². The molecule has 5 nitrogen and oxygen atoms in total. The number of hydrogen-bond acceptors (Lipinski definition) is 3. The number of fused-ring (bicyclic) bond motifs is 1. The molecule has 102 valence electrons. The van der Waals surface area contributed by atoms with Gasteiger partial charge in [-0.05, 0) is 13.0 Å². The lowest BCUT2D eigenvalue weighted by Gasteiger charge is -2.36. The Balaban J connectivity index is 1.68. The van der Waals surface area contributed by atoms with Crippen LogP contribution in [-0.2, 0) is 6.54 Å². The summed E-state index contributed by atoms with van der Waals surface area (Å²) in [6.45, 7) is 5.99. The fraction of sp³-hybridized carbons (Fsp3) is 0.500. The lowest BCUT2D eigenvalue weighted by molar-refractivity contribution is 0.116. The first-order valence-electron chi connectivity index (χ1n) is 6.69. The molecular formula is C14H19N3O2. The predicted molar refractivity (Wildman–Crippen MR) is 72.0 cm³/mol. The fourth-order valence-corrected chi connectivity index (χ4v) is 2.89. The standard InChI is InChI=1S/C14H19N3O2/c1-10-2-3-13(18)11(6-10)8-16-4-5-17-12(9-16)7-15-14(17)19/h2-3,6,12,18H,4-5,7-9H2,1H3,(H,15,19). The van der Waals surface area contributed by atoms with Crippen LogP contribution in [0.1, 0.15) is 11.1 Å². The second kappa shape index (κ2) is 4.74. The SMILES string of the molecule is Cc1ccc(O)c(CN2CCN3C(=O)NCC3C2)c1. The Kier molecular flexibility index (Phi) is 3.06. The zero-order valence-corrected chi connectivity index (χ0v) is 11.1. The molecule has 1 unspecified atom stereocenters. The van der Waals surface area contributed by atoms with Crippen LogP contribution in [-0.4, -0.2) is 53.2 Å². The summed E-state index contributed by atoms with van der Waals surface area (Å²) in [7, 11) is 0. The highest BCUT2D eigenvalue weighted by Gasteiger charge is 2.35. The van der Waals surface area contributed by atoms with Crippen LogP contribution in [0.2, 0.25) is 0 Å². The second-order valence-electron chi connectivity index (χ2n) is 5.40. The monoisotopic (exact) mass is 261 g/mol. The van der Waals surface area contributed by atoms with Crippen molar-refractivity contribution >= 4 is 6.03 Å². The van der Waals surface area contributed by atoms with E-state index in [-0.39, 0.29) is 12.1 Å². The van der Waals surface area contributed by atoms with Crippen molar-refractivity contribution < 1.29 is 9.90 Å². The van der Waals surface area contributed by atoms with Crippen LogP contribution in [0, 0.1) is 6.92 Å². The number of aromatic hydroxyl groups is 1. The molecule has 2 fully saturated rings. The predicted octanol–water partition coefficient (Wildman–Crippen LogP) is 0.910. The first-order chi connectivity index (χ1) is 9.13. The molecule has 1 atom stereocenters. The Morgan fingerprint density at radius 2 is 2.26 bits per heavy atom. The van der Waals surface area contributed by atoms with Gasteiger partial charge in [0.05, 0.1) is 6.04 Å². The largest absolute Gasteiger partial charge is 0.508 e. The zero-order chi connectivity index (χ0) is 13.4. The van der Waals surface area contributed by atoms with Crippen LogP contribution in [0.25, 0.3) is 0 Å². The van der Waals surface area contributed by atoms with E-state index in [1.807, 2.05) is 24.0 Å². The van der Waals surface area contributed by atoms with Gasteiger partial charge < -0.3 is 15.3 Å². The van der Waals surface area contributed by atoms with Gasteiger partial charge in [0.2, 0.25) is 0 Å². The number of benzene rings is 1. The lowest BCUT2D eigenvalue weighted by Crippen LogP contribution is -2.51. The van der Waals surface area contributed by atoms with Crippen LogP contribution < -0.4 is 5.32 Å². The Morgan fingerprint density at radius 1 is 1.42 bits per heavy atom. The Hall–Kier alpha value is -1.75. The van der Waals surface area contributed by atoms with E-state index in [1.54, 1.807) is 6.07 Å². The summed E-state index contributed by atoms with van der Waals surface area (Å²) in [5.74, 6) is 0.355. The van der Waals surface area contributed by atoms with Crippen LogP contribution in [0.3, 0.4) is 0 Å². The molecule has 0 radical (unpaired) electrons. The van der Waals surface area contributed by atoms with Gasteiger partial charge in [0, 0.05) is 38.3 Å². The van der Waals surface area contributed by atoms with E-state index in [0.29, 0.717) is 5.75 Å². The van der Waals surface area contributed by atoms with Crippen molar-refractivity contribution in [3.8, 4) is 5.75 Å². The summed E-state index contributed by atoms with van der Waals surface area (Å²) in [4.78, 5) is 15.7. The van der Waals surface area contributed by atoms with E-state index in [0.717, 1.165) is 43.9 Å². The molecule has 2 N–H and O–H groups in total. The average Bonchev–Trinajstić information content (AvgIpc) is 2.75. The summed E-state index contributed by atoms with van der Waals surface area (Å²) in [6, 6.07) is 6.02. The van der Waals surface area contributed by atoms with Gasteiger partial charge in [-0.25, -0.2) is 4.79 Å². The van der Waals surface area contributed by atoms with Gasteiger partial charge in [-0.1, -0.05) is 17.7 Å². The number of piperazine rings is 1. The fourth-order valence-electron chi connectivity index (χ4n) is 2.89. The molecule has 2 amide bonds. The van der Waals surface area contributed by atoms with Crippen LogP contribution >= 0.6 is 0 Å².